The second-order valence-corrected chi connectivity index (χ2v) is 9.02. The molecule has 1 N–H and O–H groups in total. The van der Waals surface area contributed by atoms with Crippen molar-refractivity contribution in [2.75, 3.05) is 24.7 Å². The van der Waals surface area contributed by atoms with Crippen molar-refractivity contribution in [3.05, 3.63) is 29.3 Å². The molecule has 144 valence electrons. The number of amides is 1. The monoisotopic (exact) mass is 383 g/mol. The zero-order valence-corrected chi connectivity index (χ0v) is 16.1. The topological polar surface area (TPSA) is 98.8 Å². The molecule has 0 aliphatic carbocycles. The summed E-state index contributed by atoms with van der Waals surface area (Å²) in [6, 6.07) is 5.20. The SMILES string of the molecule is Cc1cc(OCC(=O)OCC(=O)N[C@H]2CCS(=O)(=O)C2)ccc1C(C)C. The highest BCUT2D eigenvalue weighted by Gasteiger charge is 2.29. The quantitative estimate of drug-likeness (QED) is 0.714. The molecule has 0 radical (unpaired) electrons. The third-order valence-electron chi connectivity index (χ3n) is 4.18. The largest absolute Gasteiger partial charge is 0.482 e. The van der Waals surface area contributed by atoms with E-state index in [2.05, 4.69) is 19.2 Å². The summed E-state index contributed by atoms with van der Waals surface area (Å²) >= 11 is 0. The molecule has 1 aromatic rings. The lowest BCUT2D eigenvalue weighted by Crippen LogP contribution is -2.38. The molecule has 0 aromatic heterocycles. The van der Waals surface area contributed by atoms with Gasteiger partial charge >= 0.3 is 5.97 Å². The molecular weight excluding hydrogens is 358 g/mol. The van der Waals surface area contributed by atoms with Gasteiger partial charge in [-0.2, -0.15) is 0 Å². The number of carbonyl (C=O) groups excluding carboxylic acids is 2. The molecular formula is C18H25NO6S. The van der Waals surface area contributed by atoms with E-state index in [1.165, 1.54) is 5.56 Å². The minimum atomic E-state index is -3.07. The minimum absolute atomic E-state index is 0.0679. The minimum Gasteiger partial charge on any atom is -0.482 e. The highest BCUT2D eigenvalue weighted by molar-refractivity contribution is 7.91. The number of esters is 1. The zero-order chi connectivity index (χ0) is 19.3. The van der Waals surface area contributed by atoms with E-state index in [0.29, 0.717) is 18.1 Å². The van der Waals surface area contributed by atoms with Gasteiger partial charge in [0.2, 0.25) is 0 Å². The highest BCUT2D eigenvalue weighted by Crippen LogP contribution is 2.23. The number of hydrogen-bond acceptors (Lipinski definition) is 6. The number of benzene rings is 1. The number of aryl methyl sites for hydroxylation is 1. The Morgan fingerprint density at radius 2 is 2.00 bits per heavy atom. The van der Waals surface area contributed by atoms with Gasteiger partial charge in [0.25, 0.3) is 5.91 Å². The molecule has 8 heteroatoms. The molecule has 26 heavy (non-hydrogen) atoms. The maximum atomic E-state index is 11.7. The van der Waals surface area contributed by atoms with Gasteiger partial charge in [-0.25, -0.2) is 13.2 Å². The van der Waals surface area contributed by atoms with Crippen molar-refractivity contribution in [2.24, 2.45) is 0 Å². The smallest absolute Gasteiger partial charge is 0.344 e. The molecule has 0 saturated carbocycles. The Labute approximate surface area is 154 Å². The van der Waals surface area contributed by atoms with Gasteiger partial charge < -0.3 is 14.8 Å². The van der Waals surface area contributed by atoms with Crippen LogP contribution in [0.4, 0.5) is 0 Å². The van der Waals surface area contributed by atoms with Crippen molar-refractivity contribution in [1.29, 1.82) is 0 Å². The van der Waals surface area contributed by atoms with Crippen LogP contribution >= 0.6 is 0 Å². The Kier molecular flexibility index (Phi) is 6.63. The average molecular weight is 383 g/mol. The fourth-order valence-corrected chi connectivity index (χ4v) is 4.57. The Hall–Kier alpha value is -2.09. The molecule has 0 bridgehead atoms. The number of nitrogens with one attached hydrogen (secondary N) is 1. The van der Waals surface area contributed by atoms with E-state index in [-0.39, 0.29) is 18.1 Å². The molecule has 1 amide bonds. The van der Waals surface area contributed by atoms with Crippen LogP contribution in [0.15, 0.2) is 18.2 Å². The number of ether oxygens (including phenoxy) is 2. The normalized spacial score (nSPS) is 18.5. The zero-order valence-electron chi connectivity index (χ0n) is 15.3. The molecule has 7 nitrogen and oxygen atoms in total. The predicted molar refractivity (Wildman–Crippen MR) is 96.9 cm³/mol. The van der Waals surface area contributed by atoms with E-state index in [1.807, 2.05) is 19.1 Å². The molecule has 1 fully saturated rings. The Balaban J connectivity index is 1.72. The molecule has 1 aromatic carbocycles. The Morgan fingerprint density at radius 3 is 2.58 bits per heavy atom. The molecule has 1 aliphatic rings. The van der Waals surface area contributed by atoms with E-state index in [0.717, 1.165) is 5.56 Å². The molecule has 0 spiro atoms. The lowest BCUT2D eigenvalue weighted by Gasteiger charge is -2.13. The summed E-state index contributed by atoms with van der Waals surface area (Å²) in [5.41, 5.74) is 2.29. The van der Waals surface area contributed by atoms with Crippen LogP contribution in [-0.2, 0) is 24.2 Å². The van der Waals surface area contributed by atoms with Crippen LogP contribution < -0.4 is 10.1 Å². The molecule has 1 aliphatic heterocycles. The molecule has 2 rings (SSSR count). The summed E-state index contributed by atoms with van der Waals surface area (Å²) in [6.45, 7) is 5.43. The van der Waals surface area contributed by atoms with Gasteiger partial charge in [-0.15, -0.1) is 0 Å². The lowest BCUT2D eigenvalue weighted by atomic mass is 9.98. The number of carbonyl (C=O) groups is 2. The molecule has 1 saturated heterocycles. The van der Waals surface area contributed by atoms with Crippen LogP contribution in [0.2, 0.25) is 0 Å². The van der Waals surface area contributed by atoms with Crippen LogP contribution in [0.5, 0.6) is 5.75 Å². The maximum absolute atomic E-state index is 11.7. The summed E-state index contributed by atoms with van der Waals surface area (Å²) in [7, 11) is -3.07. The first-order chi connectivity index (χ1) is 12.2. The average Bonchev–Trinajstić information content (AvgIpc) is 2.89. The van der Waals surface area contributed by atoms with Gasteiger partial charge in [-0.1, -0.05) is 19.9 Å². The summed E-state index contributed by atoms with van der Waals surface area (Å²) in [6.07, 6.45) is 0.386. The van der Waals surface area contributed by atoms with Crippen LogP contribution in [0, 0.1) is 6.92 Å². The maximum Gasteiger partial charge on any atom is 0.344 e. The van der Waals surface area contributed by atoms with E-state index in [9.17, 15) is 18.0 Å². The fourth-order valence-electron chi connectivity index (χ4n) is 2.89. The Morgan fingerprint density at radius 1 is 1.27 bits per heavy atom. The van der Waals surface area contributed by atoms with E-state index >= 15 is 0 Å². The second kappa shape index (κ2) is 8.53. The number of sulfone groups is 1. The van der Waals surface area contributed by atoms with E-state index in [4.69, 9.17) is 9.47 Å². The molecule has 1 atom stereocenters. The standard InChI is InChI=1S/C18H25NO6S/c1-12(2)16-5-4-15(8-13(16)3)24-10-18(21)25-9-17(20)19-14-6-7-26(22,23)11-14/h4-5,8,12,14H,6-7,9-11H2,1-3H3,(H,19,20)/t14-/m0/s1. The number of hydrogen-bond donors (Lipinski definition) is 1. The predicted octanol–water partition coefficient (Wildman–Crippen LogP) is 1.34. The third kappa shape index (κ3) is 6.01. The van der Waals surface area contributed by atoms with Crippen molar-refractivity contribution in [1.82, 2.24) is 5.32 Å². The van der Waals surface area contributed by atoms with Gasteiger partial charge in [-0.05, 0) is 42.5 Å². The second-order valence-electron chi connectivity index (χ2n) is 6.79. The van der Waals surface area contributed by atoms with Crippen molar-refractivity contribution in [3.8, 4) is 5.75 Å². The summed E-state index contributed by atoms with van der Waals surface area (Å²) in [4.78, 5) is 23.4. The van der Waals surface area contributed by atoms with E-state index < -0.39 is 34.4 Å². The molecule has 0 unspecified atom stereocenters. The van der Waals surface area contributed by atoms with Crippen molar-refractivity contribution < 1.29 is 27.5 Å². The van der Waals surface area contributed by atoms with Crippen molar-refractivity contribution >= 4 is 21.7 Å². The van der Waals surface area contributed by atoms with E-state index in [1.54, 1.807) is 6.07 Å². The van der Waals surface area contributed by atoms with Crippen LogP contribution in [0.25, 0.3) is 0 Å². The van der Waals surface area contributed by atoms with Crippen LogP contribution in [-0.4, -0.2) is 51.1 Å². The van der Waals surface area contributed by atoms with Gasteiger partial charge in [0.05, 0.1) is 11.5 Å². The van der Waals surface area contributed by atoms with Crippen LogP contribution in [0.3, 0.4) is 0 Å². The van der Waals surface area contributed by atoms with Gasteiger partial charge in [0.15, 0.2) is 23.1 Å². The molecule has 1 heterocycles. The first-order valence-corrected chi connectivity index (χ1v) is 10.4. The summed E-state index contributed by atoms with van der Waals surface area (Å²) < 4.78 is 32.9. The summed E-state index contributed by atoms with van der Waals surface area (Å²) in [5.74, 6) is -0.212. The van der Waals surface area contributed by atoms with Crippen molar-refractivity contribution in [2.45, 2.75) is 39.2 Å². The third-order valence-corrected chi connectivity index (χ3v) is 5.95. The van der Waals surface area contributed by atoms with Gasteiger partial charge in [0, 0.05) is 6.04 Å². The first-order valence-electron chi connectivity index (χ1n) is 8.55. The lowest BCUT2D eigenvalue weighted by molar-refractivity contribution is -0.150. The summed E-state index contributed by atoms with van der Waals surface area (Å²) in [5, 5.41) is 2.55. The Bertz CT molecular complexity index is 772. The van der Waals surface area contributed by atoms with Crippen LogP contribution in [0.1, 0.15) is 37.3 Å². The fraction of sp³-hybridized carbons (Fsp3) is 0.556. The van der Waals surface area contributed by atoms with Gasteiger partial charge in [-0.3, -0.25) is 4.79 Å². The van der Waals surface area contributed by atoms with Crippen molar-refractivity contribution in [3.63, 3.8) is 0 Å². The number of rotatable bonds is 7. The highest BCUT2D eigenvalue weighted by atomic mass is 32.2. The van der Waals surface area contributed by atoms with Gasteiger partial charge in [0.1, 0.15) is 5.75 Å². The first kappa shape index (κ1) is 20.2.